The van der Waals surface area contributed by atoms with Gasteiger partial charge < -0.3 is 14.8 Å². The van der Waals surface area contributed by atoms with E-state index in [-0.39, 0.29) is 5.82 Å². The number of carboxylic acids is 1. The Morgan fingerprint density at radius 1 is 1.33 bits per heavy atom. The van der Waals surface area contributed by atoms with Crippen molar-refractivity contribution in [2.75, 3.05) is 0 Å². The topological polar surface area (TPSA) is 109 Å². The van der Waals surface area contributed by atoms with Crippen LogP contribution in [0, 0.1) is 0 Å². The first kappa shape index (κ1) is 12.8. The van der Waals surface area contributed by atoms with E-state index in [1.807, 2.05) is 0 Å². The van der Waals surface area contributed by atoms with E-state index in [4.69, 9.17) is 5.11 Å². The summed E-state index contributed by atoms with van der Waals surface area (Å²) in [4.78, 5) is 35.5. The van der Waals surface area contributed by atoms with Crippen molar-refractivity contribution < 1.29 is 24.2 Å². The summed E-state index contributed by atoms with van der Waals surface area (Å²) < 4.78 is 3.97. The van der Waals surface area contributed by atoms with E-state index >= 15 is 0 Å². The number of carboxylic acid groups (broad SMARTS) is 1. The lowest BCUT2D eigenvalue weighted by Gasteiger charge is -1.87. The first-order valence-electron chi connectivity index (χ1n) is 3.85. The number of hydrogen-bond acceptors (Lipinski definition) is 5. The van der Waals surface area contributed by atoms with Crippen molar-refractivity contribution in [3.8, 4) is 0 Å². The first-order valence-corrected chi connectivity index (χ1v) is 3.85. The molecule has 82 valence electrons. The molecule has 1 aromatic rings. The van der Waals surface area contributed by atoms with Crippen molar-refractivity contribution >= 4 is 17.9 Å². The highest BCUT2D eigenvalue weighted by Crippen LogP contribution is 1.84. The molecular formula is C8H10N2O5. The van der Waals surface area contributed by atoms with Gasteiger partial charge in [0.15, 0.2) is 0 Å². The highest BCUT2D eigenvalue weighted by molar-refractivity contribution is 5.83. The smallest absolute Gasteiger partial charge is 0.371 e. The molecule has 0 fully saturated rings. The molecule has 0 bridgehead atoms. The van der Waals surface area contributed by atoms with Gasteiger partial charge in [0.2, 0.25) is 5.82 Å². The summed E-state index contributed by atoms with van der Waals surface area (Å²) in [6, 6.07) is 0. The molecule has 0 radical (unpaired) electrons. The Hall–Kier alpha value is -2.18. The van der Waals surface area contributed by atoms with Crippen LogP contribution in [0.5, 0.6) is 0 Å². The zero-order valence-electron chi connectivity index (χ0n) is 8.18. The normalized spacial score (nSPS) is 8.40. The van der Waals surface area contributed by atoms with Crippen LogP contribution in [-0.2, 0) is 14.3 Å². The number of nitrogens with one attached hydrogen (secondary N) is 1. The molecule has 2 N–H and O–H groups in total. The SMILES string of the molecule is CC(=O)OC(C)=O.O=C(O)c1ncc[nH]1. The number of H-pyrrole nitrogens is 1. The third-order valence-electron chi connectivity index (χ3n) is 0.988. The summed E-state index contributed by atoms with van der Waals surface area (Å²) in [6.07, 6.45) is 2.85. The maximum Gasteiger partial charge on any atom is 0.371 e. The maximum atomic E-state index is 9.97. The Kier molecular flexibility index (Phi) is 5.38. The van der Waals surface area contributed by atoms with E-state index in [1.54, 1.807) is 0 Å². The number of rotatable bonds is 1. The van der Waals surface area contributed by atoms with E-state index in [1.165, 1.54) is 26.2 Å². The van der Waals surface area contributed by atoms with Crippen LogP contribution in [-0.4, -0.2) is 33.0 Å². The molecule has 7 nitrogen and oxygen atoms in total. The van der Waals surface area contributed by atoms with Crippen molar-refractivity contribution in [2.24, 2.45) is 0 Å². The Balaban J connectivity index is 0.000000265. The van der Waals surface area contributed by atoms with Gasteiger partial charge in [0.1, 0.15) is 0 Å². The second-order valence-corrected chi connectivity index (χ2v) is 2.33. The predicted octanol–water partition coefficient (Wildman–Crippen LogP) is 0.204. The number of aromatic amines is 1. The Labute approximate surface area is 85.1 Å². The number of carbonyl (C=O) groups is 3. The lowest BCUT2D eigenvalue weighted by atomic mass is 10.7. The lowest BCUT2D eigenvalue weighted by Crippen LogP contribution is -2.03. The first-order chi connectivity index (χ1) is 6.93. The summed E-state index contributed by atoms with van der Waals surface area (Å²) in [7, 11) is 0. The molecule has 0 unspecified atom stereocenters. The van der Waals surface area contributed by atoms with Crippen LogP contribution in [0.3, 0.4) is 0 Å². The quantitative estimate of drug-likeness (QED) is 0.510. The fourth-order valence-electron chi connectivity index (χ4n) is 0.585. The van der Waals surface area contributed by atoms with E-state index in [0.29, 0.717) is 0 Å². The minimum absolute atomic E-state index is 0.0231. The van der Waals surface area contributed by atoms with Crippen molar-refractivity contribution in [3.63, 3.8) is 0 Å². The van der Waals surface area contributed by atoms with Gasteiger partial charge in [0.25, 0.3) is 0 Å². The molecule has 0 spiro atoms. The molecule has 0 aliphatic heterocycles. The molecule has 0 aromatic carbocycles. The van der Waals surface area contributed by atoms with Crippen LogP contribution >= 0.6 is 0 Å². The molecule has 1 aromatic heterocycles. The monoisotopic (exact) mass is 214 g/mol. The minimum atomic E-state index is -1.03. The van der Waals surface area contributed by atoms with Gasteiger partial charge in [-0.15, -0.1) is 0 Å². The van der Waals surface area contributed by atoms with E-state index in [9.17, 15) is 14.4 Å². The Morgan fingerprint density at radius 3 is 2.00 bits per heavy atom. The average molecular weight is 214 g/mol. The number of imidazole rings is 1. The predicted molar refractivity (Wildman–Crippen MR) is 48.0 cm³/mol. The molecule has 0 saturated heterocycles. The second kappa shape index (κ2) is 6.30. The average Bonchev–Trinajstić information content (AvgIpc) is 2.52. The molecule has 1 heterocycles. The lowest BCUT2D eigenvalue weighted by molar-refractivity contribution is -0.156. The Morgan fingerprint density at radius 2 is 1.87 bits per heavy atom. The number of esters is 2. The second-order valence-electron chi connectivity index (χ2n) is 2.33. The summed E-state index contributed by atoms with van der Waals surface area (Å²) in [5.41, 5.74) is 0. The molecule has 1 rings (SSSR count). The van der Waals surface area contributed by atoms with Gasteiger partial charge in [-0.25, -0.2) is 9.78 Å². The van der Waals surface area contributed by atoms with Gasteiger partial charge in [-0.05, 0) is 0 Å². The number of hydrogen-bond donors (Lipinski definition) is 2. The zero-order valence-corrected chi connectivity index (χ0v) is 8.18. The van der Waals surface area contributed by atoms with E-state index in [0.717, 1.165) is 0 Å². The minimum Gasteiger partial charge on any atom is -0.475 e. The molecule has 0 aliphatic rings. The number of carbonyl (C=O) groups excluding carboxylic acids is 2. The fourth-order valence-corrected chi connectivity index (χ4v) is 0.585. The van der Waals surface area contributed by atoms with Crippen LogP contribution in [0.2, 0.25) is 0 Å². The summed E-state index contributed by atoms with van der Waals surface area (Å²) in [6.45, 7) is 2.36. The third kappa shape index (κ3) is 6.94. The molecule has 0 aliphatic carbocycles. The highest BCUT2D eigenvalue weighted by Gasteiger charge is 2.00. The van der Waals surface area contributed by atoms with E-state index < -0.39 is 17.9 Å². The highest BCUT2D eigenvalue weighted by atomic mass is 16.6. The van der Waals surface area contributed by atoms with Gasteiger partial charge >= 0.3 is 17.9 Å². The third-order valence-corrected chi connectivity index (χ3v) is 0.988. The van der Waals surface area contributed by atoms with Crippen LogP contribution < -0.4 is 0 Å². The molecule has 15 heavy (non-hydrogen) atoms. The van der Waals surface area contributed by atoms with Crippen molar-refractivity contribution in [3.05, 3.63) is 18.2 Å². The van der Waals surface area contributed by atoms with Gasteiger partial charge in [-0.2, -0.15) is 0 Å². The fraction of sp³-hybridized carbons (Fsp3) is 0.250. The molecule has 0 atom stereocenters. The van der Waals surface area contributed by atoms with Crippen LogP contribution in [0.1, 0.15) is 24.5 Å². The van der Waals surface area contributed by atoms with Crippen LogP contribution in [0.15, 0.2) is 12.4 Å². The van der Waals surface area contributed by atoms with E-state index in [2.05, 4.69) is 14.7 Å². The van der Waals surface area contributed by atoms with Gasteiger partial charge in [-0.3, -0.25) is 9.59 Å². The zero-order chi connectivity index (χ0) is 11.8. The van der Waals surface area contributed by atoms with Crippen LogP contribution in [0.25, 0.3) is 0 Å². The summed E-state index contributed by atoms with van der Waals surface area (Å²) in [5, 5.41) is 8.18. The van der Waals surface area contributed by atoms with Gasteiger partial charge in [-0.1, -0.05) is 0 Å². The maximum absolute atomic E-state index is 9.97. The molecule has 0 amide bonds. The molecule has 0 saturated carbocycles. The largest absolute Gasteiger partial charge is 0.475 e. The summed E-state index contributed by atoms with van der Waals surface area (Å²) >= 11 is 0. The number of aromatic nitrogens is 2. The van der Waals surface area contributed by atoms with Gasteiger partial charge in [0.05, 0.1) is 0 Å². The van der Waals surface area contributed by atoms with Crippen molar-refractivity contribution in [2.45, 2.75) is 13.8 Å². The molecular weight excluding hydrogens is 204 g/mol. The van der Waals surface area contributed by atoms with Gasteiger partial charge in [0, 0.05) is 26.2 Å². The standard InChI is InChI=1S/C4H4N2O2.C4H6O3/c7-4(8)3-5-1-2-6-3;1-3(5)7-4(2)6/h1-2H,(H,5,6)(H,7,8);1-2H3. The summed E-state index contributed by atoms with van der Waals surface area (Å²) in [5.74, 6) is -2.18. The number of ether oxygens (including phenoxy) is 1. The number of nitrogens with zero attached hydrogens (tertiary/aromatic N) is 1. The van der Waals surface area contributed by atoms with Crippen molar-refractivity contribution in [1.29, 1.82) is 0 Å². The van der Waals surface area contributed by atoms with Crippen molar-refractivity contribution in [1.82, 2.24) is 9.97 Å². The number of aromatic carboxylic acids is 1. The Bertz CT molecular complexity index is 332. The molecule has 7 heteroatoms. The van der Waals surface area contributed by atoms with Crippen LogP contribution in [0.4, 0.5) is 0 Å².